The zero-order valence-electron chi connectivity index (χ0n) is 12.3. The number of hydrogen-bond donors (Lipinski definition) is 2. The molecule has 2 heterocycles. The maximum Gasteiger partial charge on any atom is 0.234 e. The number of rotatable bonds is 4. The Morgan fingerprint density at radius 3 is 2.71 bits per heavy atom. The third kappa shape index (κ3) is 4.55. The number of amides is 1. The Balaban J connectivity index is 1.87. The summed E-state index contributed by atoms with van der Waals surface area (Å²) in [7, 11) is -3.13. The first-order valence-electron chi connectivity index (χ1n) is 7.38. The molecule has 0 aliphatic carbocycles. The molecule has 0 aromatic rings. The molecule has 2 aliphatic rings. The van der Waals surface area contributed by atoms with Gasteiger partial charge in [-0.05, 0) is 25.3 Å². The van der Waals surface area contributed by atoms with Crippen LogP contribution in [0.25, 0.3) is 0 Å². The molecule has 2 rings (SSSR count). The van der Waals surface area contributed by atoms with Gasteiger partial charge >= 0.3 is 0 Å². The van der Waals surface area contributed by atoms with Gasteiger partial charge in [-0.2, -0.15) is 0 Å². The van der Waals surface area contributed by atoms with Crippen molar-refractivity contribution in [1.82, 2.24) is 10.2 Å². The van der Waals surface area contributed by atoms with E-state index in [-0.39, 0.29) is 30.0 Å². The summed E-state index contributed by atoms with van der Waals surface area (Å²) in [5, 5.41) is 2.22. The van der Waals surface area contributed by atoms with Gasteiger partial charge in [0.25, 0.3) is 0 Å². The minimum absolute atomic E-state index is 0.0633. The summed E-state index contributed by atoms with van der Waals surface area (Å²) in [6.45, 7) is 3.84. The van der Waals surface area contributed by atoms with E-state index >= 15 is 0 Å². The maximum atomic E-state index is 12.1. The number of nitrogens with one attached hydrogen (secondary N) is 1. The van der Waals surface area contributed by atoms with Crippen LogP contribution in [-0.2, 0) is 14.6 Å². The number of sulfone groups is 1. The van der Waals surface area contributed by atoms with Crippen molar-refractivity contribution in [2.24, 2.45) is 11.7 Å². The van der Waals surface area contributed by atoms with Crippen molar-refractivity contribution in [3.8, 4) is 0 Å². The highest BCUT2D eigenvalue weighted by atomic mass is 35.5. The molecule has 122 valence electrons. The van der Waals surface area contributed by atoms with Crippen LogP contribution in [0.2, 0.25) is 0 Å². The van der Waals surface area contributed by atoms with E-state index in [1.807, 2.05) is 0 Å². The summed E-state index contributed by atoms with van der Waals surface area (Å²) >= 11 is 6.00. The van der Waals surface area contributed by atoms with Gasteiger partial charge in [0.05, 0.1) is 29.5 Å². The lowest BCUT2D eigenvalue weighted by Gasteiger charge is -2.37. The first-order chi connectivity index (χ1) is 9.80. The Morgan fingerprint density at radius 1 is 1.43 bits per heavy atom. The van der Waals surface area contributed by atoms with Crippen molar-refractivity contribution < 1.29 is 13.2 Å². The summed E-state index contributed by atoms with van der Waals surface area (Å²) in [6.07, 6.45) is 2.05. The van der Waals surface area contributed by atoms with E-state index in [0.29, 0.717) is 12.5 Å². The van der Waals surface area contributed by atoms with Gasteiger partial charge in [0.15, 0.2) is 9.84 Å². The molecule has 21 heavy (non-hydrogen) atoms. The first-order valence-corrected chi connectivity index (χ1v) is 9.64. The predicted molar refractivity (Wildman–Crippen MR) is 83.0 cm³/mol. The van der Waals surface area contributed by atoms with E-state index in [1.165, 1.54) is 0 Å². The number of likely N-dealkylation sites (tertiary alicyclic amines) is 1. The largest absolute Gasteiger partial charge is 0.350 e. The van der Waals surface area contributed by atoms with Crippen LogP contribution >= 0.6 is 11.6 Å². The van der Waals surface area contributed by atoms with Crippen LogP contribution in [0.3, 0.4) is 0 Å². The molecule has 0 aromatic carbocycles. The van der Waals surface area contributed by atoms with E-state index in [1.54, 1.807) is 0 Å². The second-order valence-corrected chi connectivity index (χ2v) is 8.97. The smallest absolute Gasteiger partial charge is 0.234 e. The van der Waals surface area contributed by atoms with E-state index in [9.17, 15) is 13.2 Å². The normalized spacial score (nSPS) is 36.5. The summed E-state index contributed by atoms with van der Waals surface area (Å²) in [5.74, 6) is 0.331. The minimum atomic E-state index is -3.13. The monoisotopic (exact) mass is 337 g/mol. The standard InChI is InChI=1S/C13H24ClN3O3S/c1-9-2-3-17(10(4-9)5-15)6-13(18)16-12-8-21(19,20)7-11(12)14/h9-12H,2-8,15H2,1H3,(H,16,18). The number of piperidine rings is 1. The molecule has 0 aromatic heterocycles. The van der Waals surface area contributed by atoms with E-state index in [2.05, 4.69) is 17.1 Å². The van der Waals surface area contributed by atoms with Crippen LogP contribution < -0.4 is 11.1 Å². The maximum absolute atomic E-state index is 12.1. The average Bonchev–Trinajstić information content (AvgIpc) is 2.64. The fourth-order valence-corrected chi connectivity index (χ4v) is 5.68. The van der Waals surface area contributed by atoms with Gasteiger partial charge in [-0.25, -0.2) is 8.42 Å². The van der Waals surface area contributed by atoms with Crippen LogP contribution in [0.1, 0.15) is 19.8 Å². The van der Waals surface area contributed by atoms with Crippen LogP contribution in [0, 0.1) is 5.92 Å². The van der Waals surface area contributed by atoms with Gasteiger partial charge < -0.3 is 11.1 Å². The summed E-state index contributed by atoms with van der Waals surface area (Å²) in [4.78, 5) is 14.2. The summed E-state index contributed by atoms with van der Waals surface area (Å²) in [5.41, 5.74) is 5.78. The topological polar surface area (TPSA) is 92.5 Å². The van der Waals surface area contributed by atoms with Gasteiger partial charge in [0, 0.05) is 12.6 Å². The number of carbonyl (C=O) groups excluding carboxylic acids is 1. The molecule has 2 saturated heterocycles. The second kappa shape index (κ2) is 6.81. The predicted octanol–water partition coefficient (Wildman–Crippen LogP) is -0.434. The van der Waals surface area contributed by atoms with Crippen LogP contribution in [0.5, 0.6) is 0 Å². The number of nitrogens with zero attached hydrogens (tertiary/aromatic N) is 1. The average molecular weight is 338 g/mol. The Labute approximate surface area is 131 Å². The summed E-state index contributed by atoms with van der Waals surface area (Å²) in [6, 6.07) is -0.261. The molecule has 0 radical (unpaired) electrons. The summed E-state index contributed by atoms with van der Waals surface area (Å²) < 4.78 is 23.0. The van der Waals surface area contributed by atoms with Crippen molar-refractivity contribution in [3.05, 3.63) is 0 Å². The van der Waals surface area contributed by atoms with Gasteiger partial charge in [0.1, 0.15) is 0 Å². The SMILES string of the molecule is CC1CCN(CC(=O)NC2CS(=O)(=O)CC2Cl)C(CN)C1. The lowest BCUT2D eigenvalue weighted by Crippen LogP contribution is -2.52. The molecule has 8 heteroatoms. The molecule has 1 amide bonds. The molecule has 0 saturated carbocycles. The van der Waals surface area contributed by atoms with Gasteiger partial charge in [-0.1, -0.05) is 6.92 Å². The highest BCUT2D eigenvalue weighted by Crippen LogP contribution is 2.22. The number of halogens is 1. The number of hydrogen-bond acceptors (Lipinski definition) is 5. The fourth-order valence-electron chi connectivity index (χ4n) is 3.13. The molecule has 2 aliphatic heterocycles. The lowest BCUT2D eigenvalue weighted by molar-refractivity contribution is -0.123. The number of carbonyl (C=O) groups is 1. The Morgan fingerprint density at radius 2 is 2.14 bits per heavy atom. The molecule has 2 fully saturated rings. The number of alkyl halides is 1. The number of nitrogens with two attached hydrogens (primary N) is 1. The fraction of sp³-hybridized carbons (Fsp3) is 0.923. The highest BCUT2D eigenvalue weighted by molar-refractivity contribution is 7.91. The van der Waals surface area contributed by atoms with Crippen molar-refractivity contribution in [2.45, 2.75) is 37.2 Å². The molecule has 4 unspecified atom stereocenters. The molecule has 0 spiro atoms. The zero-order valence-corrected chi connectivity index (χ0v) is 13.9. The van der Waals surface area contributed by atoms with Gasteiger partial charge in [-0.3, -0.25) is 9.69 Å². The molecular weight excluding hydrogens is 314 g/mol. The molecular formula is C13H24ClN3O3S. The third-order valence-electron chi connectivity index (χ3n) is 4.35. The molecule has 6 nitrogen and oxygen atoms in total. The lowest BCUT2D eigenvalue weighted by atomic mass is 9.92. The third-order valence-corrected chi connectivity index (χ3v) is 6.72. The van der Waals surface area contributed by atoms with E-state index in [0.717, 1.165) is 19.4 Å². The van der Waals surface area contributed by atoms with E-state index in [4.69, 9.17) is 17.3 Å². The Kier molecular flexibility index (Phi) is 5.51. The van der Waals surface area contributed by atoms with Crippen molar-refractivity contribution >= 4 is 27.3 Å². The molecule has 0 bridgehead atoms. The zero-order chi connectivity index (χ0) is 15.6. The minimum Gasteiger partial charge on any atom is -0.350 e. The Bertz CT molecular complexity index is 485. The van der Waals surface area contributed by atoms with E-state index < -0.39 is 21.3 Å². The second-order valence-electron chi connectivity index (χ2n) is 6.26. The van der Waals surface area contributed by atoms with Gasteiger partial charge in [-0.15, -0.1) is 11.6 Å². The molecule has 4 atom stereocenters. The van der Waals surface area contributed by atoms with Crippen molar-refractivity contribution in [2.75, 3.05) is 31.1 Å². The quantitative estimate of drug-likeness (QED) is 0.679. The highest BCUT2D eigenvalue weighted by Gasteiger charge is 2.37. The first kappa shape index (κ1) is 17.0. The molecule has 3 N–H and O–H groups in total. The Hall–Kier alpha value is -0.370. The van der Waals surface area contributed by atoms with Crippen molar-refractivity contribution in [1.29, 1.82) is 0 Å². The van der Waals surface area contributed by atoms with Gasteiger partial charge in [0.2, 0.25) is 5.91 Å². The van der Waals surface area contributed by atoms with Crippen LogP contribution in [0.15, 0.2) is 0 Å². The van der Waals surface area contributed by atoms with Crippen molar-refractivity contribution in [3.63, 3.8) is 0 Å². The van der Waals surface area contributed by atoms with Crippen LogP contribution in [-0.4, -0.2) is 67.8 Å². The van der Waals surface area contributed by atoms with Crippen LogP contribution in [0.4, 0.5) is 0 Å².